The lowest BCUT2D eigenvalue weighted by atomic mass is 9.76. The molecule has 0 aromatic carbocycles. The first-order valence-electron chi connectivity index (χ1n) is 4.73. The van der Waals surface area contributed by atoms with Crippen molar-refractivity contribution in [3.63, 3.8) is 0 Å². The minimum absolute atomic E-state index is 0.0819. The lowest BCUT2D eigenvalue weighted by Gasteiger charge is -2.37. The Balaban J connectivity index is 4.63. The molecular weight excluding hydrogens is 182 g/mol. The molecule has 14 heavy (non-hydrogen) atoms. The van der Waals surface area contributed by atoms with E-state index in [0.717, 1.165) is 0 Å². The van der Waals surface area contributed by atoms with Gasteiger partial charge in [0.25, 0.3) is 0 Å². The van der Waals surface area contributed by atoms with Crippen LogP contribution in [0, 0.1) is 5.41 Å². The highest BCUT2D eigenvalue weighted by molar-refractivity contribution is 5.70. The Morgan fingerprint density at radius 3 is 2.21 bits per heavy atom. The number of carbonyl (C=O) groups excluding carboxylic acids is 1. The average molecular weight is 203 g/mol. The summed E-state index contributed by atoms with van der Waals surface area (Å²) in [5.74, 6) is -0.256. The van der Waals surface area contributed by atoms with Crippen molar-refractivity contribution in [1.29, 1.82) is 0 Å². The van der Waals surface area contributed by atoms with Crippen LogP contribution in [0.3, 0.4) is 0 Å². The Hall–Kier alpha value is -0.610. The van der Waals surface area contributed by atoms with E-state index < -0.39 is 0 Å². The van der Waals surface area contributed by atoms with Crippen molar-refractivity contribution in [2.24, 2.45) is 11.1 Å². The van der Waals surface area contributed by atoms with E-state index in [-0.39, 0.29) is 30.0 Å². The molecule has 0 aliphatic heterocycles. The summed E-state index contributed by atoms with van der Waals surface area (Å²) in [6, 6.07) is -0.128. The predicted octanol–water partition coefficient (Wildman–Crippen LogP) is 0.938. The van der Waals surface area contributed by atoms with Gasteiger partial charge in [-0.3, -0.25) is 4.79 Å². The Kier molecular flexibility index (Phi) is 5.08. The predicted molar refractivity (Wildman–Crippen MR) is 54.9 cm³/mol. The van der Waals surface area contributed by atoms with Gasteiger partial charge in [-0.1, -0.05) is 6.92 Å². The van der Waals surface area contributed by atoms with Crippen LogP contribution in [0.25, 0.3) is 0 Å². The van der Waals surface area contributed by atoms with Gasteiger partial charge in [0.15, 0.2) is 0 Å². The van der Waals surface area contributed by atoms with Crippen molar-refractivity contribution in [3.05, 3.63) is 0 Å². The molecule has 0 radical (unpaired) electrons. The molecule has 0 spiro atoms. The van der Waals surface area contributed by atoms with Gasteiger partial charge >= 0.3 is 5.97 Å². The van der Waals surface area contributed by atoms with Crippen molar-refractivity contribution in [1.82, 2.24) is 0 Å². The highest BCUT2D eigenvalue weighted by Crippen LogP contribution is 2.31. The Bertz CT molecular complexity index is 194. The van der Waals surface area contributed by atoms with Crippen molar-refractivity contribution in [2.45, 2.75) is 39.3 Å². The van der Waals surface area contributed by atoms with Crippen LogP contribution in [0.4, 0.5) is 0 Å². The van der Waals surface area contributed by atoms with E-state index in [2.05, 4.69) is 4.74 Å². The summed E-state index contributed by atoms with van der Waals surface area (Å²) in [4.78, 5) is 11.2. The molecule has 0 heterocycles. The van der Waals surface area contributed by atoms with Gasteiger partial charge < -0.3 is 15.2 Å². The molecule has 0 aromatic heterocycles. The van der Waals surface area contributed by atoms with Gasteiger partial charge in [-0.25, -0.2) is 0 Å². The van der Waals surface area contributed by atoms with Crippen molar-refractivity contribution in [2.75, 3.05) is 14.2 Å². The lowest BCUT2D eigenvalue weighted by Crippen LogP contribution is -2.47. The molecule has 0 aliphatic carbocycles. The third kappa shape index (κ3) is 2.96. The molecule has 84 valence electrons. The molecule has 0 bridgehead atoms. The molecule has 0 aromatic rings. The molecule has 0 amide bonds. The zero-order valence-corrected chi connectivity index (χ0v) is 9.66. The maximum atomic E-state index is 11.2. The fraction of sp³-hybridized carbons (Fsp3) is 0.900. The van der Waals surface area contributed by atoms with E-state index in [0.29, 0.717) is 0 Å². The van der Waals surface area contributed by atoms with Gasteiger partial charge in [0, 0.05) is 18.6 Å². The number of ether oxygens (including phenoxy) is 2. The van der Waals surface area contributed by atoms with Crippen LogP contribution in [-0.2, 0) is 14.3 Å². The van der Waals surface area contributed by atoms with Crippen molar-refractivity contribution >= 4 is 5.97 Å². The molecule has 0 aliphatic rings. The van der Waals surface area contributed by atoms with Crippen LogP contribution < -0.4 is 5.73 Å². The van der Waals surface area contributed by atoms with E-state index in [4.69, 9.17) is 10.5 Å². The Morgan fingerprint density at radius 2 is 1.93 bits per heavy atom. The third-order valence-electron chi connectivity index (χ3n) is 3.08. The van der Waals surface area contributed by atoms with Gasteiger partial charge in [-0.15, -0.1) is 0 Å². The fourth-order valence-electron chi connectivity index (χ4n) is 1.33. The molecule has 4 heteroatoms. The number of nitrogens with two attached hydrogens (primary N) is 1. The topological polar surface area (TPSA) is 61.5 Å². The standard InChI is InChI=1S/C10H21NO3/c1-7(11)10(3,8(2)13-4)6-9(12)14-5/h7-8H,6,11H2,1-5H3. The van der Waals surface area contributed by atoms with Gasteiger partial charge in [0.2, 0.25) is 0 Å². The maximum absolute atomic E-state index is 11.2. The number of hydrogen-bond acceptors (Lipinski definition) is 4. The quantitative estimate of drug-likeness (QED) is 0.675. The largest absolute Gasteiger partial charge is 0.469 e. The highest BCUT2D eigenvalue weighted by atomic mass is 16.5. The molecule has 0 saturated heterocycles. The van der Waals surface area contributed by atoms with Gasteiger partial charge in [-0.2, -0.15) is 0 Å². The van der Waals surface area contributed by atoms with E-state index in [9.17, 15) is 4.79 Å². The first kappa shape index (κ1) is 13.4. The number of carbonyl (C=O) groups is 1. The van der Waals surface area contributed by atoms with Crippen LogP contribution in [0.2, 0.25) is 0 Å². The van der Waals surface area contributed by atoms with Gasteiger partial charge in [0.1, 0.15) is 0 Å². The van der Waals surface area contributed by atoms with Gasteiger partial charge in [-0.05, 0) is 13.8 Å². The molecule has 4 nitrogen and oxygen atoms in total. The minimum Gasteiger partial charge on any atom is -0.469 e. The van der Waals surface area contributed by atoms with Crippen molar-refractivity contribution < 1.29 is 14.3 Å². The SMILES string of the molecule is COC(=O)CC(C)(C(C)N)C(C)OC. The summed E-state index contributed by atoms with van der Waals surface area (Å²) in [6.45, 7) is 5.72. The highest BCUT2D eigenvalue weighted by Gasteiger charge is 2.37. The second kappa shape index (κ2) is 5.32. The second-order valence-corrected chi connectivity index (χ2v) is 3.93. The van der Waals surface area contributed by atoms with Crippen LogP contribution in [-0.4, -0.2) is 32.3 Å². The third-order valence-corrected chi connectivity index (χ3v) is 3.08. The zero-order valence-electron chi connectivity index (χ0n) is 9.66. The Labute approximate surface area is 85.8 Å². The second-order valence-electron chi connectivity index (χ2n) is 3.93. The first-order valence-corrected chi connectivity index (χ1v) is 4.73. The summed E-state index contributed by atoms with van der Waals surface area (Å²) >= 11 is 0. The minimum atomic E-state index is -0.387. The molecule has 0 saturated carbocycles. The van der Waals surface area contributed by atoms with Crippen LogP contribution in [0.5, 0.6) is 0 Å². The first-order chi connectivity index (χ1) is 6.38. The van der Waals surface area contributed by atoms with Gasteiger partial charge in [0.05, 0.1) is 19.6 Å². The zero-order chi connectivity index (χ0) is 11.4. The van der Waals surface area contributed by atoms with E-state index in [1.54, 1.807) is 7.11 Å². The Morgan fingerprint density at radius 1 is 1.43 bits per heavy atom. The number of hydrogen-bond donors (Lipinski definition) is 1. The normalized spacial score (nSPS) is 19.6. The summed E-state index contributed by atoms with van der Waals surface area (Å²) in [5.41, 5.74) is 5.48. The summed E-state index contributed by atoms with van der Waals surface area (Å²) in [5, 5.41) is 0. The molecule has 0 fully saturated rings. The fourth-order valence-corrected chi connectivity index (χ4v) is 1.33. The van der Waals surface area contributed by atoms with E-state index in [1.165, 1.54) is 7.11 Å². The monoisotopic (exact) mass is 203 g/mol. The molecule has 0 rings (SSSR count). The summed E-state index contributed by atoms with van der Waals surface area (Å²) in [7, 11) is 2.99. The number of methoxy groups -OCH3 is 2. The lowest BCUT2D eigenvalue weighted by molar-refractivity contribution is -0.146. The van der Waals surface area contributed by atoms with Crippen LogP contribution >= 0.6 is 0 Å². The molecule has 3 unspecified atom stereocenters. The van der Waals surface area contributed by atoms with Crippen LogP contribution in [0.15, 0.2) is 0 Å². The molecular formula is C10H21NO3. The number of rotatable bonds is 5. The van der Waals surface area contributed by atoms with E-state index in [1.807, 2.05) is 20.8 Å². The van der Waals surface area contributed by atoms with Crippen molar-refractivity contribution in [3.8, 4) is 0 Å². The van der Waals surface area contributed by atoms with Crippen LogP contribution in [0.1, 0.15) is 27.2 Å². The smallest absolute Gasteiger partial charge is 0.306 e. The molecule has 3 atom stereocenters. The molecule has 2 N–H and O–H groups in total. The summed E-state index contributed by atoms with van der Waals surface area (Å²) in [6.07, 6.45) is 0.192. The summed E-state index contributed by atoms with van der Waals surface area (Å²) < 4.78 is 9.87. The van der Waals surface area contributed by atoms with E-state index >= 15 is 0 Å². The maximum Gasteiger partial charge on any atom is 0.306 e. The number of esters is 1. The average Bonchev–Trinajstić information content (AvgIpc) is 2.15.